The first-order valence-electron chi connectivity index (χ1n) is 6.37. The first-order chi connectivity index (χ1) is 8.59. The molecule has 102 valence electrons. The molecule has 1 N–H and O–H groups in total. The molecule has 0 fully saturated rings. The van der Waals surface area contributed by atoms with Crippen LogP contribution in [0.5, 0.6) is 0 Å². The average Bonchev–Trinajstić information content (AvgIpc) is 2.31. The Balaban J connectivity index is 2.18. The molecule has 0 saturated carbocycles. The molecule has 0 aromatic heterocycles. The summed E-state index contributed by atoms with van der Waals surface area (Å²) in [5.74, 6) is 0. The maximum absolute atomic E-state index is 3.59. The van der Waals surface area contributed by atoms with Gasteiger partial charge in [-0.3, -0.25) is 0 Å². The monoisotopic (exact) mass is 313 g/mol. The van der Waals surface area contributed by atoms with Gasteiger partial charge in [0.15, 0.2) is 0 Å². The van der Waals surface area contributed by atoms with Crippen LogP contribution in [0, 0.1) is 0 Å². The van der Waals surface area contributed by atoms with Crippen LogP contribution in [-0.4, -0.2) is 57.1 Å². The number of hydrogen-bond acceptors (Lipinski definition) is 3. The van der Waals surface area contributed by atoms with Crippen LogP contribution < -0.4 is 5.32 Å². The third-order valence-corrected chi connectivity index (χ3v) is 3.58. The van der Waals surface area contributed by atoms with E-state index in [1.165, 1.54) is 10.0 Å². The maximum Gasteiger partial charge on any atom is 0.0242 e. The van der Waals surface area contributed by atoms with Gasteiger partial charge in [0.2, 0.25) is 0 Å². The Labute approximate surface area is 119 Å². The lowest BCUT2D eigenvalue weighted by Gasteiger charge is -2.18. The van der Waals surface area contributed by atoms with E-state index in [1.54, 1.807) is 0 Å². The Morgan fingerprint density at radius 1 is 1.06 bits per heavy atom. The number of rotatable bonds is 8. The number of hydrogen-bond donors (Lipinski definition) is 1. The molecular formula is C14H24BrN3. The van der Waals surface area contributed by atoms with Crippen LogP contribution in [0.4, 0.5) is 0 Å². The molecule has 0 spiro atoms. The van der Waals surface area contributed by atoms with E-state index in [9.17, 15) is 0 Å². The molecular weight excluding hydrogens is 290 g/mol. The topological polar surface area (TPSA) is 18.5 Å². The van der Waals surface area contributed by atoms with Crippen molar-refractivity contribution in [2.24, 2.45) is 0 Å². The van der Waals surface area contributed by atoms with E-state index in [2.05, 4.69) is 76.5 Å². The highest BCUT2D eigenvalue weighted by Gasteiger charge is 2.02. The van der Waals surface area contributed by atoms with Crippen molar-refractivity contribution in [3.63, 3.8) is 0 Å². The van der Waals surface area contributed by atoms with Crippen LogP contribution in [0.3, 0.4) is 0 Å². The molecule has 0 heterocycles. The lowest BCUT2D eigenvalue weighted by atomic mass is 10.2. The van der Waals surface area contributed by atoms with Crippen LogP contribution in [-0.2, 0) is 6.54 Å². The number of nitrogens with one attached hydrogen (secondary N) is 1. The molecule has 1 aromatic rings. The number of likely N-dealkylation sites (N-methyl/N-ethyl adjacent to an activating group) is 2. The Morgan fingerprint density at radius 3 is 2.39 bits per heavy atom. The molecule has 0 aliphatic rings. The van der Waals surface area contributed by atoms with Crippen LogP contribution in [0.2, 0.25) is 0 Å². The summed E-state index contributed by atoms with van der Waals surface area (Å²) in [6, 6.07) is 8.40. The fraction of sp³-hybridized carbons (Fsp3) is 0.571. The van der Waals surface area contributed by atoms with Crippen molar-refractivity contribution < 1.29 is 0 Å². The van der Waals surface area contributed by atoms with E-state index in [1.807, 2.05) is 0 Å². The van der Waals surface area contributed by atoms with Gasteiger partial charge in [-0.25, -0.2) is 0 Å². The number of benzene rings is 1. The molecule has 1 rings (SSSR count). The van der Waals surface area contributed by atoms with Gasteiger partial charge in [0.1, 0.15) is 0 Å². The summed E-state index contributed by atoms with van der Waals surface area (Å²) < 4.78 is 1.19. The predicted molar refractivity (Wildman–Crippen MR) is 81.9 cm³/mol. The lowest BCUT2D eigenvalue weighted by molar-refractivity contribution is 0.318. The SMILES string of the molecule is CN(C)CCNCCN(C)Cc1ccccc1Br. The van der Waals surface area contributed by atoms with Crippen molar-refractivity contribution in [2.75, 3.05) is 47.3 Å². The largest absolute Gasteiger partial charge is 0.314 e. The first kappa shape index (κ1) is 15.6. The minimum atomic E-state index is 0.983. The Morgan fingerprint density at radius 2 is 1.72 bits per heavy atom. The van der Waals surface area contributed by atoms with Crippen molar-refractivity contribution in [1.29, 1.82) is 0 Å². The van der Waals surface area contributed by atoms with Crippen LogP contribution in [0.15, 0.2) is 28.7 Å². The zero-order chi connectivity index (χ0) is 13.4. The fourth-order valence-corrected chi connectivity index (χ4v) is 2.10. The van der Waals surface area contributed by atoms with Gasteiger partial charge in [-0.05, 0) is 32.8 Å². The van der Waals surface area contributed by atoms with Gasteiger partial charge in [-0.1, -0.05) is 34.1 Å². The minimum absolute atomic E-state index is 0.983. The number of halogens is 1. The predicted octanol–water partition coefficient (Wildman–Crippen LogP) is 2.03. The molecule has 0 amide bonds. The minimum Gasteiger partial charge on any atom is -0.314 e. The van der Waals surface area contributed by atoms with E-state index in [0.29, 0.717) is 0 Å². The van der Waals surface area contributed by atoms with Gasteiger partial charge in [0.05, 0.1) is 0 Å². The van der Waals surface area contributed by atoms with Crippen LogP contribution in [0.1, 0.15) is 5.56 Å². The molecule has 18 heavy (non-hydrogen) atoms. The second-order valence-electron chi connectivity index (χ2n) is 4.88. The summed E-state index contributed by atoms with van der Waals surface area (Å²) in [6.45, 7) is 5.23. The van der Waals surface area contributed by atoms with Crippen LogP contribution >= 0.6 is 15.9 Å². The third kappa shape index (κ3) is 6.50. The van der Waals surface area contributed by atoms with Crippen molar-refractivity contribution in [3.05, 3.63) is 34.3 Å². The second kappa shape index (κ2) is 8.64. The molecule has 0 aliphatic carbocycles. The molecule has 0 saturated heterocycles. The summed E-state index contributed by atoms with van der Waals surface area (Å²) >= 11 is 3.59. The second-order valence-corrected chi connectivity index (χ2v) is 5.74. The quantitative estimate of drug-likeness (QED) is 0.741. The molecule has 0 radical (unpaired) electrons. The molecule has 3 nitrogen and oxygen atoms in total. The molecule has 4 heteroatoms. The highest BCUT2D eigenvalue weighted by molar-refractivity contribution is 9.10. The van der Waals surface area contributed by atoms with Gasteiger partial charge >= 0.3 is 0 Å². The highest BCUT2D eigenvalue weighted by Crippen LogP contribution is 2.16. The zero-order valence-electron chi connectivity index (χ0n) is 11.6. The van der Waals surface area contributed by atoms with Gasteiger partial charge in [0.25, 0.3) is 0 Å². The molecule has 0 atom stereocenters. The number of nitrogens with zero attached hydrogens (tertiary/aromatic N) is 2. The Bertz CT molecular complexity index is 342. The Kier molecular flexibility index (Phi) is 7.51. The summed E-state index contributed by atoms with van der Waals surface area (Å²) in [6.07, 6.45) is 0. The van der Waals surface area contributed by atoms with Crippen molar-refractivity contribution >= 4 is 15.9 Å². The van der Waals surface area contributed by atoms with Crippen molar-refractivity contribution in [2.45, 2.75) is 6.54 Å². The lowest BCUT2D eigenvalue weighted by Crippen LogP contribution is -2.33. The van der Waals surface area contributed by atoms with Crippen molar-refractivity contribution in [1.82, 2.24) is 15.1 Å². The van der Waals surface area contributed by atoms with Gasteiger partial charge in [-0.2, -0.15) is 0 Å². The average molecular weight is 314 g/mol. The summed E-state index contributed by atoms with van der Waals surface area (Å²) in [4.78, 5) is 4.53. The standard InChI is InChI=1S/C14H24BrN3/c1-17(2)10-8-16-9-11-18(3)12-13-6-4-5-7-14(13)15/h4-7,16H,8-12H2,1-3H3. The first-order valence-corrected chi connectivity index (χ1v) is 7.16. The molecule has 0 unspecified atom stereocenters. The third-order valence-electron chi connectivity index (χ3n) is 2.80. The van der Waals surface area contributed by atoms with E-state index in [-0.39, 0.29) is 0 Å². The molecule has 0 bridgehead atoms. The zero-order valence-corrected chi connectivity index (χ0v) is 13.2. The smallest absolute Gasteiger partial charge is 0.0242 e. The van der Waals surface area contributed by atoms with Crippen LogP contribution in [0.25, 0.3) is 0 Å². The van der Waals surface area contributed by atoms with E-state index in [0.717, 1.165) is 32.7 Å². The highest BCUT2D eigenvalue weighted by atomic mass is 79.9. The summed E-state index contributed by atoms with van der Waals surface area (Å²) in [5, 5.41) is 3.45. The summed E-state index contributed by atoms with van der Waals surface area (Å²) in [7, 11) is 6.36. The van der Waals surface area contributed by atoms with Crippen molar-refractivity contribution in [3.8, 4) is 0 Å². The summed E-state index contributed by atoms with van der Waals surface area (Å²) in [5.41, 5.74) is 1.34. The van der Waals surface area contributed by atoms with Gasteiger partial charge in [0, 0.05) is 37.2 Å². The molecule has 0 aliphatic heterocycles. The maximum atomic E-state index is 3.59. The van der Waals surface area contributed by atoms with Gasteiger partial charge < -0.3 is 15.1 Å². The van der Waals surface area contributed by atoms with E-state index in [4.69, 9.17) is 0 Å². The molecule has 1 aromatic carbocycles. The van der Waals surface area contributed by atoms with Gasteiger partial charge in [-0.15, -0.1) is 0 Å². The normalized spacial score (nSPS) is 11.4. The Hall–Kier alpha value is -0.420. The van der Waals surface area contributed by atoms with E-state index >= 15 is 0 Å². The fourth-order valence-electron chi connectivity index (χ4n) is 1.69. The van der Waals surface area contributed by atoms with E-state index < -0.39 is 0 Å².